The van der Waals surface area contributed by atoms with Crippen molar-refractivity contribution in [1.29, 1.82) is 0 Å². The molecule has 2 rings (SSSR count). The maximum absolute atomic E-state index is 13.5. The van der Waals surface area contributed by atoms with Gasteiger partial charge in [-0.25, -0.2) is 4.39 Å². The molecule has 0 atom stereocenters. The minimum atomic E-state index is -1.13. The molecule has 0 aliphatic heterocycles. The number of anilines is 1. The van der Waals surface area contributed by atoms with Crippen molar-refractivity contribution >= 4 is 33.2 Å². The van der Waals surface area contributed by atoms with Crippen molar-refractivity contribution in [3.63, 3.8) is 0 Å². The molecule has 2 N–H and O–H groups in total. The van der Waals surface area contributed by atoms with Gasteiger partial charge in [-0.05, 0) is 24.3 Å². The number of hydrogen-bond acceptors (Lipinski definition) is 3. The molecule has 1 aromatic carbocycles. The Hall–Kier alpha value is -1.40. The number of aromatic nitrogens is 1. The first-order chi connectivity index (χ1) is 8.47. The molecular formula is C11H6BrClF2N2O. The molecule has 1 heterocycles. The maximum atomic E-state index is 13.5. The van der Waals surface area contributed by atoms with Gasteiger partial charge in [0.25, 0.3) is 0 Å². The van der Waals surface area contributed by atoms with E-state index in [1.54, 1.807) is 0 Å². The highest BCUT2D eigenvalue weighted by atomic mass is 79.9. The highest BCUT2D eigenvalue weighted by Crippen LogP contribution is 2.31. The van der Waals surface area contributed by atoms with Crippen LogP contribution in [0.3, 0.4) is 0 Å². The van der Waals surface area contributed by atoms with Gasteiger partial charge in [-0.2, -0.15) is 9.37 Å². The van der Waals surface area contributed by atoms with Crippen molar-refractivity contribution in [3.05, 3.63) is 45.5 Å². The molecule has 18 heavy (non-hydrogen) atoms. The van der Waals surface area contributed by atoms with Crippen molar-refractivity contribution in [3.8, 4) is 11.6 Å². The van der Waals surface area contributed by atoms with Crippen LogP contribution in [-0.2, 0) is 0 Å². The lowest BCUT2D eigenvalue weighted by Gasteiger charge is -2.09. The lowest BCUT2D eigenvalue weighted by Crippen LogP contribution is -1.98. The van der Waals surface area contributed by atoms with Crippen LogP contribution in [0.1, 0.15) is 0 Å². The van der Waals surface area contributed by atoms with Crippen LogP contribution >= 0.6 is 27.5 Å². The van der Waals surface area contributed by atoms with Crippen LogP contribution < -0.4 is 10.5 Å². The summed E-state index contributed by atoms with van der Waals surface area (Å²) in [5, 5.41) is 0.134. The number of rotatable bonds is 2. The zero-order chi connectivity index (χ0) is 13.3. The van der Waals surface area contributed by atoms with E-state index in [4.69, 9.17) is 22.1 Å². The summed E-state index contributed by atoms with van der Waals surface area (Å²) in [6, 6.07) is 5.16. The van der Waals surface area contributed by atoms with Crippen molar-refractivity contribution in [2.24, 2.45) is 0 Å². The molecule has 0 radical (unpaired) electrons. The summed E-state index contributed by atoms with van der Waals surface area (Å²) < 4.78 is 32.1. The summed E-state index contributed by atoms with van der Waals surface area (Å²) in [7, 11) is 0. The molecule has 0 bridgehead atoms. The third-order valence-corrected chi connectivity index (χ3v) is 2.69. The van der Waals surface area contributed by atoms with Crippen LogP contribution in [-0.4, -0.2) is 4.98 Å². The summed E-state index contributed by atoms with van der Waals surface area (Å²) >= 11 is 8.69. The number of halogens is 4. The Morgan fingerprint density at radius 2 is 2.00 bits per heavy atom. The van der Waals surface area contributed by atoms with E-state index in [9.17, 15) is 8.78 Å². The van der Waals surface area contributed by atoms with Crippen LogP contribution in [0.25, 0.3) is 0 Å². The zero-order valence-corrected chi connectivity index (χ0v) is 11.1. The molecule has 0 amide bonds. The molecule has 3 nitrogen and oxygen atoms in total. The van der Waals surface area contributed by atoms with Crippen LogP contribution in [0.4, 0.5) is 14.5 Å². The second kappa shape index (κ2) is 5.07. The van der Waals surface area contributed by atoms with Crippen LogP contribution in [0, 0.1) is 11.6 Å². The van der Waals surface area contributed by atoms with Crippen molar-refractivity contribution < 1.29 is 13.5 Å². The second-order valence-corrected chi connectivity index (χ2v) is 4.63. The third-order valence-electron chi connectivity index (χ3n) is 2.02. The first-order valence-corrected chi connectivity index (χ1v) is 5.89. The number of hydrogen-bond donors (Lipinski definition) is 1. The SMILES string of the molecule is Nc1ccc(Cl)nc1Oc1cc(Br)cc(F)c1F. The fraction of sp³-hybridized carbons (Fsp3) is 0. The minimum absolute atomic E-state index is 0.0844. The lowest BCUT2D eigenvalue weighted by molar-refractivity contribution is 0.406. The first kappa shape index (κ1) is 13.0. The second-order valence-electron chi connectivity index (χ2n) is 3.33. The van der Waals surface area contributed by atoms with Gasteiger partial charge in [-0.1, -0.05) is 27.5 Å². The van der Waals surface area contributed by atoms with Gasteiger partial charge in [-0.15, -0.1) is 0 Å². The predicted octanol–water partition coefficient (Wildman–Crippen LogP) is 4.15. The molecule has 0 fully saturated rings. The Morgan fingerprint density at radius 1 is 1.28 bits per heavy atom. The third kappa shape index (κ3) is 2.70. The molecule has 0 saturated heterocycles. The van der Waals surface area contributed by atoms with Gasteiger partial charge in [0.1, 0.15) is 5.15 Å². The van der Waals surface area contributed by atoms with Crippen LogP contribution in [0.5, 0.6) is 11.6 Å². The molecule has 1 aromatic heterocycles. The Bertz CT molecular complexity index is 610. The summed E-state index contributed by atoms with van der Waals surface area (Å²) in [6.07, 6.45) is 0. The number of nitrogen functional groups attached to an aromatic ring is 1. The van der Waals surface area contributed by atoms with E-state index in [1.807, 2.05) is 0 Å². The first-order valence-electron chi connectivity index (χ1n) is 4.72. The maximum Gasteiger partial charge on any atom is 0.244 e. The van der Waals surface area contributed by atoms with E-state index < -0.39 is 11.6 Å². The molecule has 2 aromatic rings. The quantitative estimate of drug-likeness (QED) is 0.662. The van der Waals surface area contributed by atoms with Crippen LogP contribution in [0.2, 0.25) is 5.15 Å². The zero-order valence-electron chi connectivity index (χ0n) is 8.75. The molecule has 0 saturated carbocycles. The van der Waals surface area contributed by atoms with Crippen molar-refractivity contribution in [2.75, 3.05) is 5.73 Å². The van der Waals surface area contributed by atoms with E-state index in [1.165, 1.54) is 18.2 Å². The summed E-state index contributed by atoms with van der Waals surface area (Å²) in [5.74, 6) is -2.58. The van der Waals surface area contributed by atoms with Crippen molar-refractivity contribution in [1.82, 2.24) is 4.98 Å². The van der Waals surface area contributed by atoms with Gasteiger partial charge in [-0.3, -0.25) is 0 Å². The standard InChI is InChI=1S/C11H6BrClF2N2O/c12-5-3-6(14)10(15)8(4-5)18-11-7(16)1-2-9(13)17-11/h1-4H,16H2. The van der Waals surface area contributed by atoms with Crippen molar-refractivity contribution in [2.45, 2.75) is 0 Å². The highest BCUT2D eigenvalue weighted by Gasteiger charge is 2.14. The topological polar surface area (TPSA) is 48.1 Å². The number of pyridine rings is 1. The summed E-state index contributed by atoms with van der Waals surface area (Å²) in [4.78, 5) is 3.78. The Kier molecular flexibility index (Phi) is 3.68. The normalized spacial score (nSPS) is 10.4. The number of nitrogens with two attached hydrogens (primary N) is 1. The van der Waals surface area contributed by atoms with Gasteiger partial charge in [0.2, 0.25) is 11.7 Å². The predicted molar refractivity (Wildman–Crippen MR) is 67.8 cm³/mol. The largest absolute Gasteiger partial charge is 0.434 e. The van der Waals surface area contributed by atoms with Gasteiger partial charge in [0, 0.05) is 4.47 Å². The Morgan fingerprint density at radius 3 is 2.72 bits per heavy atom. The smallest absolute Gasteiger partial charge is 0.244 e. The van der Waals surface area contributed by atoms with Gasteiger partial charge in [0.05, 0.1) is 5.69 Å². The lowest BCUT2D eigenvalue weighted by atomic mass is 10.3. The van der Waals surface area contributed by atoms with E-state index >= 15 is 0 Å². The van der Waals surface area contributed by atoms with E-state index in [-0.39, 0.29) is 22.5 Å². The number of ether oxygens (including phenoxy) is 1. The van der Waals surface area contributed by atoms with Gasteiger partial charge >= 0.3 is 0 Å². The highest BCUT2D eigenvalue weighted by molar-refractivity contribution is 9.10. The average Bonchev–Trinajstić information content (AvgIpc) is 2.30. The molecule has 7 heteroatoms. The Balaban J connectivity index is 2.43. The molecule has 94 valence electrons. The molecular weight excluding hydrogens is 329 g/mol. The average molecular weight is 336 g/mol. The molecule has 0 unspecified atom stereocenters. The van der Waals surface area contributed by atoms with Gasteiger partial charge < -0.3 is 10.5 Å². The minimum Gasteiger partial charge on any atom is -0.434 e. The number of benzene rings is 1. The Labute approximate surface area is 115 Å². The summed E-state index contributed by atoms with van der Waals surface area (Å²) in [6.45, 7) is 0. The molecule has 0 spiro atoms. The fourth-order valence-corrected chi connectivity index (χ4v) is 1.77. The van der Waals surface area contributed by atoms with Gasteiger partial charge in [0.15, 0.2) is 11.6 Å². The van der Waals surface area contributed by atoms with Crippen LogP contribution in [0.15, 0.2) is 28.7 Å². The van der Waals surface area contributed by atoms with E-state index in [0.717, 1.165) is 6.07 Å². The molecule has 0 aliphatic rings. The molecule has 0 aliphatic carbocycles. The monoisotopic (exact) mass is 334 g/mol. The number of nitrogens with zero attached hydrogens (tertiary/aromatic N) is 1. The van der Waals surface area contributed by atoms with E-state index in [2.05, 4.69) is 20.9 Å². The van der Waals surface area contributed by atoms with E-state index in [0.29, 0.717) is 4.47 Å². The summed E-state index contributed by atoms with van der Waals surface area (Å²) in [5.41, 5.74) is 5.76. The fourth-order valence-electron chi connectivity index (χ4n) is 1.22.